The van der Waals surface area contributed by atoms with Crippen LogP contribution in [-0.2, 0) is 11.2 Å². The second-order valence-electron chi connectivity index (χ2n) is 8.46. The van der Waals surface area contributed by atoms with Crippen LogP contribution in [-0.4, -0.2) is 74.0 Å². The lowest BCUT2D eigenvalue weighted by Gasteiger charge is -2.39. The van der Waals surface area contributed by atoms with Gasteiger partial charge in [0, 0.05) is 52.2 Å². The Morgan fingerprint density at radius 2 is 1.97 bits per heavy atom. The Bertz CT molecular complexity index is 630. The molecule has 2 heterocycles. The largest absolute Gasteiger partial charge is 0.469 e. The average Bonchev–Trinajstić information content (AvgIpc) is 3.26. The number of carbonyl (C=O) groups excluding carboxylic acids is 1. The minimum atomic E-state index is 0.00394. The number of nitrogens with zero attached hydrogens (tertiary/aromatic N) is 3. The molecule has 2 N–H and O–H groups in total. The Labute approximate surface area is 174 Å². The fraction of sp³-hybridized carbons (Fsp3) is 0.727. The van der Waals surface area contributed by atoms with Crippen LogP contribution in [0.4, 0.5) is 0 Å². The second-order valence-corrected chi connectivity index (χ2v) is 8.46. The highest BCUT2D eigenvalue weighted by Gasteiger charge is 2.26. The molecule has 7 nitrogen and oxygen atoms in total. The topological polar surface area (TPSA) is 73.1 Å². The second kappa shape index (κ2) is 11.2. The Hall–Kier alpha value is -2.02. The average molecular weight is 404 g/mol. The Morgan fingerprint density at radius 1 is 1.21 bits per heavy atom. The van der Waals surface area contributed by atoms with Crippen molar-refractivity contribution in [2.75, 3.05) is 40.3 Å². The molecule has 0 unspecified atom stereocenters. The summed E-state index contributed by atoms with van der Waals surface area (Å²) in [5.41, 5.74) is 0. The van der Waals surface area contributed by atoms with E-state index >= 15 is 0 Å². The van der Waals surface area contributed by atoms with Gasteiger partial charge in [-0.1, -0.05) is 19.3 Å². The van der Waals surface area contributed by atoms with Crippen molar-refractivity contribution >= 4 is 11.9 Å². The molecule has 2 fully saturated rings. The normalized spacial score (nSPS) is 19.9. The molecule has 1 aliphatic carbocycles. The van der Waals surface area contributed by atoms with Crippen LogP contribution >= 0.6 is 0 Å². The molecule has 2 aliphatic rings. The summed E-state index contributed by atoms with van der Waals surface area (Å²) in [6, 6.07) is 5.07. The van der Waals surface area contributed by atoms with Crippen LogP contribution in [0.2, 0.25) is 0 Å². The molecule has 1 aromatic heterocycles. The van der Waals surface area contributed by atoms with E-state index in [1.54, 1.807) is 25.3 Å². The first-order valence-electron chi connectivity index (χ1n) is 11.1. The van der Waals surface area contributed by atoms with Gasteiger partial charge in [-0.15, -0.1) is 0 Å². The van der Waals surface area contributed by atoms with Crippen LogP contribution in [0, 0.1) is 0 Å². The summed E-state index contributed by atoms with van der Waals surface area (Å²) in [4.78, 5) is 20.7. The highest BCUT2D eigenvalue weighted by Crippen LogP contribution is 2.25. The van der Waals surface area contributed by atoms with E-state index in [0.717, 1.165) is 56.7 Å². The van der Waals surface area contributed by atoms with Gasteiger partial charge in [0.15, 0.2) is 5.96 Å². The SMILES string of the molecule is CN(C)C(=O)CN=C(NCCc1ccco1)NC1CCN(C2CCCCC2)CC1. The van der Waals surface area contributed by atoms with Crippen molar-refractivity contribution in [1.82, 2.24) is 20.4 Å². The molecular weight excluding hydrogens is 366 g/mol. The zero-order chi connectivity index (χ0) is 20.5. The monoisotopic (exact) mass is 403 g/mol. The van der Waals surface area contributed by atoms with Crippen molar-refractivity contribution < 1.29 is 9.21 Å². The van der Waals surface area contributed by atoms with E-state index in [9.17, 15) is 4.79 Å². The van der Waals surface area contributed by atoms with E-state index in [2.05, 4.69) is 20.5 Å². The maximum atomic E-state index is 12.0. The maximum absolute atomic E-state index is 12.0. The summed E-state index contributed by atoms with van der Waals surface area (Å²) in [6.07, 6.45) is 11.6. The number of carbonyl (C=O) groups is 1. The summed E-state index contributed by atoms with van der Waals surface area (Å²) in [6.45, 7) is 3.18. The van der Waals surface area contributed by atoms with Gasteiger partial charge in [0.2, 0.25) is 5.91 Å². The van der Waals surface area contributed by atoms with E-state index in [4.69, 9.17) is 4.42 Å². The van der Waals surface area contributed by atoms with Crippen molar-refractivity contribution in [3.05, 3.63) is 24.2 Å². The number of amides is 1. The molecule has 1 aliphatic heterocycles. The first-order chi connectivity index (χ1) is 14.1. The molecule has 1 saturated heterocycles. The number of piperidine rings is 1. The standard InChI is InChI=1S/C22H37N5O2/c1-26(2)21(28)17-24-22(23-13-10-20-9-6-16-29-20)25-18-11-14-27(15-12-18)19-7-4-3-5-8-19/h6,9,16,18-19H,3-5,7-8,10-15,17H2,1-2H3,(H2,23,24,25). The number of guanidine groups is 1. The van der Waals surface area contributed by atoms with Crippen LogP contribution in [0.3, 0.4) is 0 Å². The van der Waals surface area contributed by atoms with Gasteiger partial charge in [-0.2, -0.15) is 0 Å². The molecule has 162 valence electrons. The van der Waals surface area contributed by atoms with Crippen molar-refractivity contribution in [2.24, 2.45) is 4.99 Å². The van der Waals surface area contributed by atoms with Gasteiger partial charge in [0.05, 0.1) is 6.26 Å². The Morgan fingerprint density at radius 3 is 2.62 bits per heavy atom. The van der Waals surface area contributed by atoms with Crippen LogP contribution in [0.25, 0.3) is 0 Å². The summed E-state index contributed by atoms with van der Waals surface area (Å²) in [5, 5.41) is 6.93. The number of aliphatic imine (C=N–C) groups is 1. The number of likely N-dealkylation sites (N-methyl/N-ethyl adjacent to an activating group) is 1. The molecular formula is C22H37N5O2. The van der Waals surface area contributed by atoms with Crippen LogP contribution < -0.4 is 10.6 Å². The quantitative estimate of drug-likeness (QED) is 0.540. The van der Waals surface area contributed by atoms with Crippen LogP contribution in [0.1, 0.15) is 50.7 Å². The predicted molar refractivity (Wildman–Crippen MR) is 116 cm³/mol. The van der Waals surface area contributed by atoms with Gasteiger partial charge >= 0.3 is 0 Å². The lowest BCUT2D eigenvalue weighted by molar-refractivity contribution is -0.127. The van der Waals surface area contributed by atoms with Crippen molar-refractivity contribution in [3.8, 4) is 0 Å². The van der Waals surface area contributed by atoms with Crippen molar-refractivity contribution in [2.45, 2.75) is 63.5 Å². The molecule has 0 atom stereocenters. The third-order valence-corrected chi connectivity index (χ3v) is 6.08. The van der Waals surface area contributed by atoms with E-state index < -0.39 is 0 Å². The fourth-order valence-corrected chi connectivity index (χ4v) is 4.25. The molecule has 1 aromatic rings. The first kappa shape index (κ1) is 21.7. The molecule has 0 aromatic carbocycles. The summed E-state index contributed by atoms with van der Waals surface area (Å²) in [7, 11) is 3.52. The van der Waals surface area contributed by atoms with Gasteiger partial charge < -0.3 is 24.9 Å². The maximum Gasteiger partial charge on any atom is 0.243 e. The van der Waals surface area contributed by atoms with Crippen molar-refractivity contribution in [3.63, 3.8) is 0 Å². The number of rotatable bonds is 7. The van der Waals surface area contributed by atoms with Crippen LogP contribution in [0.5, 0.6) is 0 Å². The molecule has 1 amide bonds. The van der Waals surface area contributed by atoms with Gasteiger partial charge in [0.1, 0.15) is 12.3 Å². The Balaban J connectivity index is 1.48. The smallest absolute Gasteiger partial charge is 0.243 e. The van der Waals surface area contributed by atoms with E-state index in [0.29, 0.717) is 6.04 Å². The van der Waals surface area contributed by atoms with E-state index in [-0.39, 0.29) is 12.5 Å². The lowest BCUT2D eigenvalue weighted by atomic mass is 9.92. The number of hydrogen-bond acceptors (Lipinski definition) is 4. The van der Waals surface area contributed by atoms with Gasteiger partial charge in [-0.3, -0.25) is 4.79 Å². The molecule has 7 heteroatoms. The fourth-order valence-electron chi connectivity index (χ4n) is 4.25. The number of hydrogen-bond donors (Lipinski definition) is 2. The number of nitrogens with one attached hydrogen (secondary N) is 2. The zero-order valence-corrected chi connectivity index (χ0v) is 18.0. The van der Waals surface area contributed by atoms with Crippen molar-refractivity contribution in [1.29, 1.82) is 0 Å². The minimum absolute atomic E-state index is 0.00394. The lowest BCUT2D eigenvalue weighted by Crippen LogP contribution is -2.51. The molecule has 0 radical (unpaired) electrons. The Kier molecular flexibility index (Phi) is 8.40. The zero-order valence-electron chi connectivity index (χ0n) is 18.0. The van der Waals surface area contributed by atoms with Gasteiger partial charge in [0.25, 0.3) is 0 Å². The van der Waals surface area contributed by atoms with Crippen LogP contribution in [0.15, 0.2) is 27.8 Å². The first-order valence-corrected chi connectivity index (χ1v) is 11.1. The number of furan rings is 1. The molecule has 0 bridgehead atoms. The predicted octanol–water partition coefficient (Wildman–Crippen LogP) is 2.24. The molecule has 1 saturated carbocycles. The number of likely N-dealkylation sites (tertiary alicyclic amines) is 1. The minimum Gasteiger partial charge on any atom is -0.469 e. The third-order valence-electron chi connectivity index (χ3n) is 6.08. The third kappa shape index (κ3) is 7.07. The van der Waals surface area contributed by atoms with Gasteiger partial charge in [-0.05, 0) is 37.8 Å². The highest BCUT2D eigenvalue weighted by atomic mass is 16.3. The molecule has 29 heavy (non-hydrogen) atoms. The van der Waals surface area contributed by atoms with Gasteiger partial charge in [-0.25, -0.2) is 4.99 Å². The highest BCUT2D eigenvalue weighted by molar-refractivity contribution is 5.84. The molecule has 0 spiro atoms. The van der Waals surface area contributed by atoms with E-state index in [1.165, 1.54) is 32.1 Å². The summed E-state index contributed by atoms with van der Waals surface area (Å²) in [5.74, 6) is 1.68. The summed E-state index contributed by atoms with van der Waals surface area (Å²) < 4.78 is 5.40. The van der Waals surface area contributed by atoms with E-state index in [1.807, 2.05) is 12.1 Å². The summed E-state index contributed by atoms with van der Waals surface area (Å²) >= 11 is 0. The molecule has 3 rings (SSSR count).